The summed E-state index contributed by atoms with van der Waals surface area (Å²) in [4.78, 5) is 4.53. The molecule has 0 aliphatic carbocycles. The molecule has 0 atom stereocenters. The van der Waals surface area contributed by atoms with Crippen LogP contribution in [0.15, 0.2) is 168 Å². The molecule has 0 fully saturated rings. The van der Waals surface area contributed by atoms with E-state index in [1.165, 1.54) is 0 Å². The quantitative estimate of drug-likeness (QED) is 0.177. The first-order valence-corrected chi connectivity index (χ1v) is 13.9. The van der Waals surface area contributed by atoms with Gasteiger partial charge in [-0.05, 0) is 78.9 Å². The third-order valence-electron chi connectivity index (χ3n) is 6.48. The van der Waals surface area contributed by atoms with Gasteiger partial charge in [0.2, 0.25) is 0 Å². The highest BCUT2D eigenvalue weighted by Crippen LogP contribution is 2.42. The van der Waals surface area contributed by atoms with Gasteiger partial charge in [0.25, 0.3) is 0 Å². The van der Waals surface area contributed by atoms with Gasteiger partial charge in [0, 0.05) is 39.0 Å². The lowest BCUT2D eigenvalue weighted by Crippen LogP contribution is -2.13. The molecule has 0 aliphatic rings. The Balaban J connectivity index is 1.47. The molecular weight excluding hydrogens is 556 g/mol. The number of hydrogen-bond donors (Lipinski definition) is 0. The SMILES string of the molecule is Brc1cc(Oc2ccccc2)cc(N(c2ccccc2)c2cccc(N(c3ccccc3)c3ccccc3)c2)c1. The minimum Gasteiger partial charge on any atom is -0.457 e. The summed E-state index contributed by atoms with van der Waals surface area (Å²) in [7, 11) is 0. The molecule has 0 saturated heterocycles. The number of halogens is 1. The summed E-state index contributed by atoms with van der Waals surface area (Å²) in [6, 6.07) is 56.0. The number of nitrogens with zero attached hydrogens (tertiary/aromatic N) is 2. The summed E-state index contributed by atoms with van der Waals surface area (Å²) >= 11 is 3.72. The van der Waals surface area contributed by atoms with Gasteiger partial charge in [-0.1, -0.05) is 94.8 Å². The van der Waals surface area contributed by atoms with E-state index in [-0.39, 0.29) is 0 Å². The monoisotopic (exact) mass is 582 g/mol. The molecule has 0 amide bonds. The zero-order chi connectivity index (χ0) is 27.1. The van der Waals surface area contributed by atoms with E-state index in [1.54, 1.807) is 0 Å². The van der Waals surface area contributed by atoms with Crippen LogP contribution in [0.25, 0.3) is 0 Å². The smallest absolute Gasteiger partial charge is 0.130 e. The van der Waals surface area contributed by atoms with E-state index in [9.17, 15) is 0 Å². The van der Waals surface area contributed by atoms with Gasteiger partial charge in [-0.25, -0.2) is 0 Å². The van der Waals surface area contributed by atoms with Crippen molar-refractivity contribution < 1.29 is 4.74 Å². The van der Waals surface area contributed by atoms with Crippen LogP contribution in [0.4, 0.5) is 34.1 Å². The number of benzene rings is 6. The van der Waals surface area contributed by atoms with Crippen molar-refractivity contribution in [1.29, 1.82) is 0 Å². The molecule has 6 rings (SSSR count). The average Bonchev–Trinajstić information content (AvgIpc) is 3.00. The third-order valence-corrected chi connectivity index (χ3v) is 6.94. The number of para-hydroxylation sites is 4. The molecule has 0 heterocycles. The second-order valence-electron chi connectivity index (χ2n) is 9.26. The van der Waals surface area contributed by atoms with Crippen molar-refractivity contribution in [2.75, 3.05) is 9.80 Å². The van der Waals surface area contributed by atoms with Crippen LogP contribution in [0, 0.1) is 0 Å². The second-order valence-corrected chi connectivity index (χ2v) is 10.2. The fourth-order valence-electron chi connectivity index (χ4n) is 4.76. The summed E-state index contributed by atoms with van der Waals surface area (Å²) in [6.45, 7) is 0. The molecule has 0 aromatic heterocycles. The van der Waals surface area contributed by atoms with Crippen LogP contribution in [0.2, 0.25) is 0 Å². The lowest BCUT2D eigenvalue weighted by molar-refractivity contribution is 0.482. The van der Waals surface area contributed by atoms with Crippen molar-refractivity contribution in [3.05, 3.63) is 168 Å². The zero-order valence-corrected chi connectivity index (χ0v) is 23.4. The Morgan fingerprint density at radius 1 is 0.350 bits per heavy atom. The fourth-order valence-corrected chi connectivity index (χ4v) is 5.22. The van der Waals surface area contributed by atoms with E-state index in [0.717, 1.165) is 50.1 Å². The molecule has 6 aromatic rings. The first kappa shape index (κ1) is 25.5. The Morgan fingerprint density at radius 2 is 0.775 bits per heavy atom. The maximum Gasteiger partial charge on any atom is 0.130 e. The number of rotatable bonds is 8. The van der Waals surface area contributed by atoms with Gasteiger partial charge in [-0.15, -0.1) is 0 Å². The summed E-state index contributed by atoms with van der Waals surface area (Å²) in [5, 5.41) is 0. The van der Waals surface area contributed by atoms with Crippen molar-refractivity contribution in [1.82, 2.24) is 0 Å². The van der Waals surface area contributed by atoms with Gasteiger partial charge in [0.15, 0.2) is 0 Å². The maximum absolute atomic E-state index is 6.23. The number of hydrogen-bond acceptors (Lipinski definition) is 3. The highest BCUT2D eigenvalue weighted by Gasteiger charge is 2.18. The van der Waals surface area contributed by atoms with Gasteiger partial charge in [0.05, 0.1) is 5.69 Å². The summed E-state index contributed by atoms with van der Waals surface area (Å²) in [5.74, 6) is 1.55. The molecule has 0 bridgehead atoms. The predicted octanol–water partition coefficient (Wildman–Crippen LogP) is 11.2. The number of ether oxygens (including phenoxy) is 1. The Labute approximate surface area is 243 Å². The molecule has 0 radical (unpaired) electrons. The maximum atomic E-state index is 6.23. The molecule has 0 saturated carbocycles. The second kappa shape index (κ2) is 11.9. The summed E-state index contributed by atoms with van der Waals surface area (Å²) in [5.41, 5.74) is 6.32. The van der Waals surface area contributed by atoms with Gasteiger partial charge in [-0.3, -0.25) is 0 Å². The van der Waals surface area contributed by atoms with Crippen molar-refractivity contribution in [2.45, 2.75) is 0 Å². The standard InChI is InChI=1S/C36H27BrN2O/c37-28-24-34(27-36(25-28)40-35-22-11-4-12-23-35)39(31-18-9-3-10-19-31)33-21-13-20-32(26-33)38(29-14-5-1-6-15-29)30-16-7-2-8-17-30/h1-27H. The van der Waals surface area contributed by atoms with E-state index in [0.29, 0.717) is 0 Å². The van der Waals surface area contributed by atoms with Crippen LogP contribution in [0.1, 0.15) is 0 Å². The van der Waals surface area contributed by atoms with Crippen molar-refractivity contribution >= 4 is 50.1 Å². The molecule has 40 heavy (non-hydrogen) atoms. The fraction of sp³-hybridized carbons (Fsp3) is 0. The zero-order valence-electron chi connectivity index (χ0n) is 21.8. The minimum atomic E-state index is 0.753. The van der Waals surface area contributed by atoms with E-state index in [4.69, 9.17) is 4.74 Å². The van der Waals surface area contributed by atoms with Gasteiger partial charge >= 0.3 is 0 Å². The summed E-state index contributed by atoms with van der Waals surface area (Å²) in [6.07, 6.45) is 0. The minimum absolute atomic E-state index is 0.753. The lowest BCUT2D eigenvalue weighted by atomic mass is 10.1. The lowest BCUT2D eigenvalue weighted by Gasteiger charge is -2.29. The first-order valence-electron chi connectivity index (χ1n) is 13.1. The first-order chi connectivity index (χ1) is 19.7. The molecule has 4 heteroatoms. The molecule has 0 aliphatic heterocycles. The topological polar surface area (TPSA) is 15.7 Å². The Morgan fingerprint density at radius 3 is 1.27 bits per heavy atom. The Kier molecular flexibility index (Phi) is 7.60. The van der Waals surface area contributed by atoms with Crippen molar-refractivity contribution in [2.24, 2.45) is 0 Å². The van der Waals surface area contributed by atoms with Crippen LogP contribution >= 0.6 is 15.9 Å². The van der Waals surface area contributed by atoms with E-state index in [1.807, 2.05) is 54.6 Å². The van der Waals surface area contributed by atoms with E-state index >= 15 is 0 Å². The largest absolute Gasteiger partial charge is 0.457 e. The Bertz CT molecular complexity index is 1640. The van der Waals surface area contributed by atoms with E-state index < -0.39 is 0 Å². The molecule has 6 aromatic carbocycles. The van der Waals surface area contributed by atoms with Crippen LogP contribution in [0.5, 0.6) is 11.5 Å². The molecule has 194 valence electrons. The molecule has 0 spiro atoms. The van der Waals surface area contributed by atoms with E-state index in [2.05, 4.69) is 135 Å². The van der Waals surface area contributed by atoms with Crippen LogP contribution in [-0.2, 0) is 0 Å². The summed E-state index contributed by atoms with van der Waals surface area (Å²) < 4.78 is 7.17. The van der Waals surface area contributed by atoms with Crippen LogP contribution < -0.4 is 14.5 Å². The van der Waals surface area contributed by atoms with Crippen molar-refractivity contribution in [3.63, 3.8) is 0 Å². The molecular formula is C36H27BrN2O. The van der Waals surface area contributed by atoms with Gasteiger partial charge in [-0.2, -0.15) is 0 Å². The van der Waals surface area contributed by atoms with Gasteiger partial charge in [0.1, 0.15) is 11.5 Å². The molecule has 3 nitrogen and oxygen atoms in total. The highest BCUT2D eigenvalue weighted by atomic mass is 79.9. The normalized spacial score (nSPS) is 10.6. The van der Waals surface area contributed by atoms with Gasteiger partial charge < -0.3 is 14.5 Å². The van der Waals surface area contributed by atoms with Crippen molar-refractivity contribution in [3.8, 4) is 11.5 Å². The molecule has 0 N–H and O–H groups in total. The molecule has 0 unspecified atom stereocenters. The van der Waals surface area contributed by atoms with Crippen LogP contribution in [-0.4, -0.2) is 0 Å². The van der Waals surface area contributed by atoms with Crippen LogP contribution in [0.3, 0.4) is 0 Å². The Hall–Kier alpha value is -4.80. The highest BCUT2D eigenvalue weighted by molar-refractivity contribution is 9.10. The predicted molar refractivity (Wildman–Crippen MR) is 170 cm³/mol. The average molecular weight is 584 g/mol. The third kappa shape index (κ3) is 5.78. The number of anilines is 6.